The van der Waals surface area contributed by atoms with Gasteiger partial charge in [0.2, 0.25) is 0 Å². The maximum absolute atomic E-state index is 11.2. The van der Waals surface area contributed by atoms with Crippen LogP contribution in [0.15, 0.2) is 0 Å². The van der Waals surface area contributed by atoms with Gasteiger partial charge in [-0.05, 0) is 38.8 Å². The molecule has 0 aromatic rings. The Bertz CT molecular complexity index is 242. The van der Waals surface area contributed by atoms with Gasteiger partial charge in [0.15, 0.2) is 0 Å². The Kier molecular flexibility index (Phi) is 15.5. The second-order valence-corrected chi connectivity index (χ2v) is 11.9. The van der Waals surface area contributed by atoms with Crippen LogP contribution in [0, 0.1) is 0 Å². The molecule has 2 fully saturated rings. The Morgan fingerprint density at radius 2 is 1.10 bits per heavy atom. The maximum Gasteiger partial charge on any atom is 1.00 e. The predicted molar refractivity (Wildman–Crippen MR) is 72.4 cm³/mol. The third kappa shape index (κ3) is 12.0. The average Bonchev–Trinajstić information content (AvgIpc) is 2.13. The molecule has 8 heteroatoms. The van der Waals surface area contributed by atoms with Crippen LogP contribution in [0.3, 0.4) is 0 Å². The van der Waals surface area contributed by atoms with Crippen LogP contribution < -0.4 is 112 Å². The van der Waals surface area contributed by atoms with Gasteiger partial charge in [-0.25, -0.2) is 0 Å². The Morgan fingerprint density at radius 1 is 0.800 bits per heavy atom. The van der Waals surface area contributed by atoms with Gasteiger partial charge in [-0.2, -0.15) is 0 Å². The van der Waals surface area contributed by atoms with Gasteiger partial charge in [0.25, 0.3) is 0 Å². The van der Waals surface area contributed by atoms with E-state index < -0.39 is 17.1 Å². The summed E-state index contributed by atoms with van der Waals surface area (Å²) in [6.45, 7) is 7.48. The second-order valence-electron chi connectivity index (χ2n) is 5.91. The topological polar surface area (TPSA) is 64.6 Å². The van der Waals surface area contributed by atoms with Crippen molar-refractivity contribution in [3.05, 3.63) is 0 Å². The van der Waals surface area contributed by atoms with Crippen molar-refractivity contribution in [2.45, 2.75) is 76.9 Å². The molecule has 0 amide bonds. The van der Waals surface area contributed by atoms with E-state index in [-0.39, 0.29) is 115 Å². The molecule has 108 valence electrons. The van der Waals surface area contributed by atoms with Gasteiger partial charge in [-0.3, -0.25) is 0 Å². The summed E-state index contributed by atoms with van der Waals surface area (Å²) >= 11 is 0. The molecule has 0 N–H and O–H groups in total. The number of hydrogen-bond acceptors (Lipinski definition) is 4. The fourth-order valence-corrected chi connectivity index (χ4v) is 6.37. The molecule has 0 bridgehead atoms. The summed E-state index contributed by atoms with van der Waals surface area (Å²) in [6, 6.07) is 1.61. The van der Waals surface area contributed by atoms with Crippen LogP contribution in [0.4, 0.5) is 0 Å². The molecule has 0 spiro atoms. The van der Waals surface area contributed by atoms with Gasteiger partial charge >= 0.3 is 103 Å². The van der Waals surface area contributed by atoms with Crippen LogP contribution >= 0.6 is 0 Å². The molecule has 2 saturated heterocycles. The molecule has 4 nitrogen and oxygen atoms in total. The van der Waals surface area contributed by atoms with Crippen LogP contribution in [0.2, 0.25) is 25.2 Å². The van der Waals surface area contributed by atoms with Crippen molar-refractivity contribution in [3.63, 3.8) is 0 Å². The molecule has 2 aliphatic heterocycles. The zero-order valence-corrected chi connectivity index (χ0v) is 22.3. The standard InChI is InChI=1S/2C6H13O2Si.2K/c2*1-6-4-3-5-9(2,7)8-6;;/h2*6H,3-5H2,1-2H3;;/q2*-1;2*+1. The predicted octanol–water partition coefficient (Wildman–Crippen LogP) is -4.76. The second kappa shape index (κ2) is 12.0. The molecule has 0 aromatic heterocycles. The first kappa shape index (κ1) is 25.8. The van der Waals surface area contributed by atoms with Crippen LogP contribution in [0.1, 0.15) is 39.5 Å². The van der Waals surface area contributed by atoms with Gasteiger partial charge in [0, 0.05) is 12.2 Å². The smallest absolute Gasteiger partial charge is 0.838 e. The van der Waals surface area contributed by atoms with Gasteiger partial charge in [-0.1, -0.05) is 25.9 Å². The van der Waals surface area contributed by atoms with Crippen molar-refractivity contribution in [1.82, 2.24) is 0 Å². The molecule has 0 aromatic carbocycles. The minimum Gasteiger partial charge on any atom is -0.838 e. The van der Waals surface area contributed by atoms with Gasteiger partial charge in [0.05, 0.1) is 17.1 Å². The molecule has 4 unspecified atom stereocenters. The minimum absolute atomic E-state index is 0. The largest absolute Gasteiger partial charge is 1.00 e. The van der Waals surface area contributed by atoms with Crippen LogP contribution in [0.5, 0.6) is 0 Å². The Morgan fingerprint density at radius 3 is 1.25 bits per heavy atom. The first-order chi connectivity index (χ1) is 8.20. The maximum atomic E-state index is 11.2. The van der Waals surface area contributed by atoms with E-state index in [0.717, 1.165) is 37.8 Å². The average molecular weight is 369 g/mol. The monoisotopic (exact) mass is 368 g/mol. The van der Waals surface area contributed by atoms with E-state index in [1.165, 1.54) is 0 Å². The molecule has 2 heterocycles. The van der Waals surface area contributed by atoms with E-state index in [2.05, 4.69) is 0 Å². The summed E-state index contributed by atoms with van der Waals surface area (Å²) in [4.78, 5) is 22.5. The molecule has 0 saturated carbocycles. The zero-order valence-electron chi connectivity index (χ0n) is 14.0. The van der Waals surface area contributed by atoms with Crippen molar-refractivity contribution in [2.24, 2.45) is 0 Å². The van der Waals surface area contributed by atoms with E-state index in [9.17, 15) is 9.59 Å². The van der Waals surface area contributed by atoms with Crippen LogP contribution in [0.25, 0.3) is 0 Å². The van der Waals surface area contributed by atoms with Crippen LogP contribution in [-0.4, -0.2) is 29.3 Å². The molecule has 0 radical (unpaired) electrons. The zero-order chi connectivity index (χ0) is 13.8. The van der Waals surface area contributed by atoms with E-state index >= 15 is 0 Å². The fourth-order valence-electron chi connectivity index (χ4n) is 2.51. The van der Waals surface area contributed by atoms with E-state index in [1.54, 1.807) is 13.1 Å². The fraction of sp³-hybridized carbons (Fsp3) is 1.00. The molecule has 0 aliphatic carbocycles. The van der Waals surface area contributed by atoms with E-state index in [1.807, 2.05) is 13.8 Å². The van der Waals surface area contributed by atoms with Gasteiger partial charge in [0.1, 0.15) is 0 Å². The van der Waals surface area contributed by atoms with Crippen molar-refractivity contribution < 1.29 is 121 Å². The number of rotatable bonds is 0. The Balaban J connectivity index is 0. The third-order valence-corrected chi connectivity index (χ3v) is 7.71. The summed E-state index contributed by atoms with van der Waals surface area (Å²) in [5, 5.41) is 0. The van der Waals surface area contributed by atoms with Crippen molar-refractivity contribution >= 4 is 17.1 Å². The Hall–Kier alpha value is 3.55. The molecule has 2 rings (SSSR count). The van der Waals surface area contributed by atoms with Crippen molar-refractivity contribution in [2.75, 3.05) is 0 Å². The van der Waals surface area contributed by atoms with Crippen LogP contribution in [-0.2, 0) is 8.85 Å². The summed E-state index contributed by atoms with van der Waals surface area (Å²) in [6.07, 6.45) is 4.76. The molecular formula is C12H26K2O4Si2. The SMILES string of the molecule is CC1CCC[Si](C)([O-])O1.CC1CCC[Si](C)([O-])O1.[K+].[K+]. The van der Waals surface area contributed by atoms with E-state index in [0.29, 0.717) is 0 Å². The van der Waals surface area contributed by atoms with Gasteiger partial charge in [-0.15, -0.1) is 0 Å². The summed E-state index contributed by atoms with van der Waals surface area (Å²) in [5.74, 6) is 0. The van der Waals surface area contributed by atoms with Gasteiger partial charge < -0.3 is 18.4 Å². The summed E-state index contributed by atoms with van der Waals surface area (Å²) in [7, 11) is -4.81. The molecule has 20 heavy (non-hydrogen) atoms. The minimum atomic E-state index is -2.40. The normalized spacial score (nSPS) is 40.5. The summed E-state index contributed by atoms with van der Waals surface area (Å²) in [5.41, 5.74) is 0. The summed E-state index contributed by atoms with van der Waals surface area (Å²) < 4.78 is 10.5. The Labute approximate surface area is 211 Å². The number of hydrogen-bond donors (Lipinski definition) is 0. The van der Waals surface area contributed by atoms with Crippen molar-refractivity contribution in [3.8, 4) is 0 Å². The first-order valence-corrected chi connectivity index (χ1v) is 12.0. The van der Waals surface area contributed by atoms with Crippen molar-refractivity contribution in [1.29, 1.82) is 0 Å². The van der Waals surface area contributed by atoms with E-state index in [4.69, 9.17) is 8.85 Å². The third-order valence-electron chi connectivity index (χ3n) is 3.38. The molecular weight excluding hydrogens is 342 g/mol. The molecule has 4 atom stereocenters. The quantitative estimate of drug-likeness (QED) is 0.403. The molecule has 2 aliphatic rings. The first-order valence-electron chi connectivity index (χ1n) is 6.97.